The summed E-state index contributed by atoms with van der Waals surface area (Å²) in [6, 6.07) is 14.9. The topological polar surface area (TPSA) is 49.4 Å². The molecule has 1 heterocycles. The van der Waals surface area contributed by atoms with Gasteiger partial charge in [0.15, 0.2) is 0 Å². The van der Waals surface area contributed by atoms with Gasteiger partial charge in [-0.1, -0.05) is 48.0 Å². The Bertz CT molecular complexity index is 832. The Morgan fingerprint density at radius 2 is 1.96 bits per heavy atom. The van der Waals surface area contributed by atoms with E-state index in [1.807, 2.05) is 48.5 Å². The van der Waals surface area contributed by atoms with Crippen LogP contribution in [-0.4, -0.2) is 16.7 Å². The van der Waals surface area contributed by atoms with Crippen LogP contribution in [0.5, 0.6) is 0 Å². The third-order valence-corrected chi connectivity index (χ3v) is 4.46. The van der Waals surface area contributed by atoms with E-state index in [-0.39, 0.29) is 24.3 Å². The Labute approximate surface area is 152 Å². The highest BCUT2D eigenvalue weighted by Gasteiger charge is 2.27. The third kappa shape index (κ3) is 4.09. The van der Waals surface area contributed by atoms with Gasteiger partial charge in [-0.3, -0.25) is 9.59 Å². The second-order valence-electron chi connectivity index (χ2n) is 6.00. The fraction of sp³-hybridized carbons (Fsp3) is 0.200. The Morgan fingerprint density at radius 1 is 1.16 bits per heavy atom. The maximum absolute atomic E-state index is 12.4. The molecule has 0 aliphatic carbocycles. The fourth-order valence-electron chi connectivity index (χ4n) is 3.01. The highest BCUT2D eigenvalue weighted by atomic mass is 35.5. The number of hydrogen-bond donors (Lipinski definition) is 1. The van der Waals surface area contributed by atoms with Gasteiger partial charge in [0.1, 0.15) is 0 Å². The van der Waals surface area contributed by atoms with Gasteiger partial charge in [-0.25, -0.2) is 0 Å². The smallest absolute Gasteiger partial charge is 0.223 e. The lowest BCUT2D eigenvalue weighted by atomic mass is 9.93. The SMILES string of the molecule is CC(=O)N1C=Cc2ccccc2[C@@H]1CC(=O)NCc1cccc(Cl)c1. The van der Waals surface area contributed by atoms with Crippen LogP contribution in [-0.2, 0) is 16.1 Å². The van der Waals surface area contributed by atoms with Crippen LogP contribution >= 0.6 is 11.6 Å². The summed E-state index contributed by atoms with van der Waals surface area (Å²) in [6.07, 6.45) is 3.86. The number of halogens is 1. The fourth-order valence-corrected chi connectivity index (χ4v) is 3.22. The number of nitrogens with zero attached hydrogens (tertiary/aromatic N) is 1. The molecule has 2 aromatic rings. The summed E-state index contributed by atoms with van der Waals surface area (Å²) < 4.78 is 0. The quantitative estimate of drug-likeness (QED) is 0.904. The van der Waals surface area contributed by atoms with Crippen molar-refractivity contribution in [2.75, 3.05) is 0 Å². The lowest BCUT2D eigenvalue weighted by Gasteiger charge is -2.32. The molecule has 1 atom stereocenters. The van der Waals surface area contributed by atoms with Crippen molar-refractivity contribution in [1.82, 2.24) is 10.2 Å². The minimum atomic E-state index is -0.293. The molecule has 1 aliphatic rings. The zero-order valence-electron chi connectivity index (χ0n) is 13.9. The number of amides is 2. The molecule has 4 nitrogen and oxygen atoms in total. The number of hydrogen-bond acceptors (Lipinski definition) is 2. The lowest BCUT2D eigenvalue weighted by Crippen LogP contribution is -2.35. The molecule has 0 unspecified atom stereocenters. The number of nitrogens with one attached hydrogen (secondary N) is 1. The summed E-state index contributed by atoms with van der Waals surface area (Å²) in [5.41, 5.74) is 2.96. The number of rotatable bonds is 4. The van der Waals surface area contributed by atoms with E-state index in [1.165, 1.54) is 6.92 Å². The van der Waals surface area contributed by atoms with E-state index in [0.29, 0.717) is 11.6 Å². The lowest BCUT2D eigenvalue weighted by molar-refractivity contribution is -0.130. The highest BCUT2D eigenvalue weighted by molar-refractivity contribution is 6.30. The van der Waals surface area contributed by atoms with Gasteiger partial charge in [-0.15, -0.1) is 0 Å². The highest BCUT2D eigenvalue weighted by Crippen LogP contribution is 2.32. The second-order valence-corrected chi connectivity index (χ2v) is 6.43. The molecular formula is C20H19ClN2O2. The zero-order valence-corrected chi connectivity index (χ0v) is 14.7. The van der Waals surface area contributed by atoms with Crippen molar-refractivity contribution in [3.8, 4) is 0 Å². The normalized spacial score (nSPS) is 15.6. The summed E-state index contributed by atoms with van der Waals surface area (Å²) in [5.74, 6) is -0.195. The van der Waals surface area contributed by atoms with E-state index >= 15 is 0 Å². The molecule has 0 saturated heterocycles. The Balaban J connectivity index is 1.72. The third-order valence-electron chi connectivity index (χ3n) is 4.23. The minimum absolute atomic E-state index is 0.0848. The van der Waals surface area contributed by atoms with Crippen LogP contribution in [0.1, 0.15) is 36.1 Å². The van der Waals surface area contributed by atoms with E-state index in [0.717, 1.165) is 16.7 Å². The standard InChI is InChI=1S/C20H19ClN2O2/c1-14(24)23-10-9-16-6-2-3-8-18(16)19(23)12-20(25)22-13-15-5-4-7-17(21)11-15/h2-11,19H,12-13H2,1H3,(H,22,25)/t19-/m0/s1. The molecule has 1 N–H and O–H groups in total. The molecule has 128 valence electrons. The molecule has 2 aromatic carbocycles. The second kappa shape index (κ2) is 7.53. The van der Waals surface area contributed by atoms with Crippen molar-refractivity contribution in [3.05, 3.63) is 76.4 Å². The first-order chi connectivity index (χ1) is 12.0. The van der Waals surface area contributed by atoms with E-state index in [1.54, 1.807) is 17.2 Å². The molecule has 0 saturated carbocycles. The first-order valence-electron chi connectivity index (χ1n) is 8.12. The predicted molar refractivity (Wildman–Crippen MR) is 98.7 cm³/mol. The maximum atomic E-state index is 12.4. The van der Waals surface area contributed by atoms with Gasteiger partial charge < -0.3 is 10.2 Å². The number of benzene rings is 2. The van der Waals surface area contributed by atoms with Gasteiger partial charge >= 0.3 is 0 Å². The minimum Gasteiger partial charge on any atom is -0.352 e. The van der Waals surface area contributed by atoms with Crippen LogP contribution in [0.4, 0.5) is 0 Å². The van der Waals surface area contributed by atoms with Crippen molar-refractivity contribution in [2.24, 2.45) is 0 Å². The van der Waals surface area contributed by atoms with Crippen molar-refractivity contribution in [2.45, 2.75) is 25.9 Å². The zero-order chi connectivity index (χ0) is 17.8. The van der Waals surface area contributed by atoms with E-state index in [4.69, 9.17) is 11.6 Å². The molecule has 25 heavy (non-hydrogen) atoms. The Morgan fingerprint density at radius 3 is 2.72 bits per heavy atom. The summed E-state index contributed by atoms with van der Waals surface area (Å²) in [6.45, 7) is 1.92. The monoisotopic (exact) mass is 354 g/mol. The maximum Gasteiger partial charge on any atom is 0.223 e. The molecule has 0 radical (unpaired) electrons. The molecule has 3 rings (SSSR count). The molecule has 1 aliphatic heterocycles. The van der Waals surface area contributed by atoms with Crippen LogP contribution in [0.15, 0.2) is 54.7 Å². The summed E-state index contributed by atoms with van der Waals surface area (Å²) in [4.78, 5) is 26.0. The summed E-state index contributed by atoms with van der Waals surface area (Å²) >= 11 is 5.96. The van der Waals surface area contributed by atoms with Crippen molar-refractivity contribution in [1.29, 1.82) is 0 Å². The van der Waals surface area contributed by atoms with Gasteiger partial charge in [-0.2, -0.15) is 0 Å². The molecule has 0 fully saturated rings. The number of fused-ring (bicyclic) bond motifs is 1. The van der Waals surface area contributed by atoms with E-state index in [9.17, 15) is 9.59 Å². The molecular weight excluding hydrogens is 336 g/mol. The van der Waals surface area contributed by atoms with E-state index in [2.05, 4.69) is 5.32 Å². The summed E-state index contributed by atoms with van der Waals surface area (Å²) in [5, 5.41) is 3.54. The van der Waals surface area contributed by atoms with Gasteiger partial charge in [0.2, 0.25) is 11.8 Å². The van der Waals surface area contributed by atoms with Gasteiger partial charge in [0.05, 0.1) is 12.5 Å². The molecule has 0 spiro atoms. The molecule has 5 heteroatoms. The van der Waals surface area contributed by atoms with Gasteiger partial charge in [-0.05, 0) is 34.9 Å². The Hall–Kier alpha value is -2.59. The van der Waals surface area contributed by atoms with Crippen LogP contribution in [0.25, 0.3) is 6.08 Å². The Kier molecular flexibility index (Phi) is 5.19. The predicted octanol–water partition coefficient (Wildman–Crippen LogP) is 3.92. The average molecular weight is 355 g/mol. The number of carbonyl (C=O) groups is 2. The summed E-state index contributed by atoms with van der Waals surface area (Å²) in [7, 11) is 0. The van der Waals surface area contributed by atoms with Crippen molar-refractivity contribution in [3.63, 3.8) is 0 Å². The van der Waals surface area contributed by atoms with Crippen LogP contribution in [0, 0.1) is 0 Å². The van der Waals surface area contributed by atoms with Crippen LogP contribution in [0.2, 0.25) is 5.02 Å². The molecule has 2 amide bonds. The molecule has 0 aromatic heterocycles. The van der Waals surface area contributed by atoms with Gasteiger partial charge in [0.25, 0.3) is 0 Å². The number of carbonyl (C=O) groups excluding carboxylic acids is 2. The largest absolute Gasteiger partial charge is 0.352 e. The van der Waals surface area contributed by atoms with Crippen LogP contribution < -0.4 is 5.32 Å². The van der Waals surface area contributed by atoms with Crippen LogP contribution in [0.3, 0.4) is 0 Å². The first-order valence-corrected chi connectivity index (χ1v) is 8.49. The van der Waals surface area contributed by atoms with Gasteiger partial charge in [0, 0.05) is 24.7 Å². The van der Waals surface area contributed by atoms with E-state index < -0.39 is 0 Å². The van der Waals surface area contributed by atoms with Crippen molar-refractivity contribution >= 4 is 29.5 Å². The molecule has 0 bridgehead atoms. The van der Waals surface area contributed by atoms with Crippen molar-refractivity contribution < 1.29 is 9.59 Å². The first kappa shape index (κ1) is 17.2. The average Bonchev–Trinajstić information content (AvgIpc) is 2.60.